The van der Waals surface area contributed by atoms with Crippen molar-refractivity contribution >= 4 is 17.7 Å². The van der Waals surface area contributed by atoms with E-state index >= 15 is 0 Å². The molecule has 2 fully saturated rings. The van der Waals surface area contributed by atoms with Gasteiger partial charge >= 0.3 is 0 Å². The van der Waals surface area contributed by atoms with Crippen molar-refractivity contribution < 1.29 is 14.7 Å². The number of aliphatic hydroxyl groups excluding tert-OH is 1. The second-order valence-corrected chi connectivity index (χ2v) is 6.81. The van der Waals surface area contributed by atoms with Gasteiger partial charge in [-0.05, 0) is 25.0 Å². The van der Waals surface area contributed by atoms with Gasteiger partial charge in [-0.25, -0.2) is 0 Å². The van der Waals surface area contributed by atoms with Crippen LogP contribution in [-0.2, 0) is 9.63 Å². The zero-order valence-corrected chi connectivity index (χ0v) is 12.5. The molecule has 0 spiro atoms. The monoisotopic (exact) mass is 287 g/mol. The third-order valence-electron chi connectivity index (χ3n) is 3.80. The predicted octanol–water partition coefficient (Wildman–Crippen LogP) is 2.70. The Kier molecular flexibility index (Phi) is 5.98. The molecule has 2 rings (SSSR count). The number of hydrogen-bond donors (Lipinski definition) is 1. The van der Waals surface area contributed by atoms with E-state index in [9.17, 15) is 9.90 Å². The van der Waals surface area contributed by atoms with Crippen LogP contribution in [0.3, 0.4) is 0 Å². The highest BCUT2D eigenvalue weighted by molar-refractivity contribution is 8.00. The SMILES string of the molecule is CCCSC1CC(=O)N(OC2CCCCCC2)C1O. The minimum absolute atomic E-state index is 0.0294. The van der Waals surface area contributed by atoms with Gasteiger partial charge in [0.2, 0.25) is 5.91 Å². The van der Waals surface area contributed by atoms with E-state index in [1.54, 1.807) is 11.8 Å². The minimum Gasteiger partial charge on any atom is -0.370 e. The molecule has 2 unspecified atom stereocenters. The molecule has 2 atom stereocenters. The first-order valence-corrected chi connectivity index (χ1v) is 8.55. The molecule has 1 aliphatic carbocycles. The molecular weight excluding hydrogens is 262 g/mol. The van der Waals surface area contributed by atoms with Crippen molar-refractivity contribution in [1.82, 2.24) is 5.06 Å². The zero-order valence-electron chi connectivity index (χ0n) is 11.7. The van der Waals surface area contributed by atoms with E-state index in [2.05, 4.69) is 6.92 Å². The number of rotatable bonds is 5. The summed E-state index contributed by atoms with van der Waals surface area (Å²) in [6.45, 7) is 2.11. The van der Waals surface area contributed by atoms with Crippen LogP contribution >= 0.6 is 11.8 Å². The molecule has 1 N–H and O–H groups in total. The van der Waals surface area contributed by atoms with E-state index in [0.29, 0.717) is 6.42 Å². The van der Waals surface area contributed by atoms with Gasteiger partial charge in [0.15, 0.2) is 6.23 Å². The molecule has 110 valence electrons. The van der Waals surface area contributed by atoms with Gasteiger partial charge in [0.25, 0.3) is 0 Å². The molecule has 1 saturated heterocycles. The molecule has 4 nitrogen and oxygen atoms in total. The van der Waals surface area contributed by atoms with Gasteiger partial charge in [-0.2, -0.15) is 16.8 Å². The number of thioether (sulfide) groups is 1. The highest BCUT2D eigenvalue weighted by atomic mass is 32.2. The Morgan fingerprint density at radius 2 is 2.00 bits per heavy atom. The lowest BCUT2D eigenvalue weighted by atomic mass is 10.2. The van der Waals surface area contributed by atoms with E-state index in [1.807, 2.05) is 0 Å². The van der Waals surface area contributed by atoms with Crippen LogP contribution in [0.5, 0.6) is 0 Å². The van der Waals surface area contributed by atoms with Crippen molar-refractivity contribution in [1.29, 1.82) is 0 Å². The second kappa shape index (κ2) is 7.50. The van der Waals surface area contributed by atoms with E-state index in [-0.39, 0.29) is 17.3 Å². The first kappa shape index (κ1) is 15.1. The summed E-state index contributed by atoms with van der Waals surface area (Å²) in [5, 5.41) is 11.4. The largest absolute Gasteiger partial charge is 0.370 e. The maximum absolute atomic E-state index is 11.9. The standard InChI is InChI=1S/C14H25NO3S/c1-2-9-19-12-10-13(16)15(14(12)17)18-11-7-5-3-4-6-8-11/h11-12,14,17H,2-10H2,1H3. The molecule has 2 aliphatic rings. The summed E-state index contributed by atoms with van der Waals surface area (Å²) < 4.78 is 0. The molecule has 19 heavy (non-hydrogen) atoms. The molecule has 0 radical (unpaired) electrons. The van der Waals surface area contributed by atoms with E-state index in [1.165, 1.54) is 17.9 Å². The molecule has 0 aromatic rings. The molecule has 0 aromatic heterocycles. The van der Waals surface area contributed by atoms with E-state index in [0.717, 1.165) is 37.9 Å². The first-order chi connectivity index (χ1) is 9.22. The van der Waals surface area contributed by atoms with Crippen molar-refractivity contribution in [3.05, 3.63) is 0 Å². The first-order valence-electron chi connectivity index (χ1n) is 7.51. The number of carbonyl (C=O) groups excluding carboxylic acids is 1. The molecular formula is C14H25NO3S. The van der Waals surface area contributed by atoms with E-state index in [4.69, 9.17) is 4.84 Å². The highest BCUT2D eigenvalue weighted by Gasteiger charge is 2.41. The summed E-state index contributed by atoms with van der Waals surface area (Å²) in [4.78, 5) is 17.7. The summed E-state index contributed by atoms with van der Waals surface area (Å²) in [5.41, 5.74) is 0. The average Bonchev–Trinajstić information content (AvgIpc) is 2.63. The topological polar surface area (TPSA) is 49.8 Å². The Morgan fingerprint density at radius 3 is 2.63 bits per heavy atom. The third-order valence-corrected chi connectivity index (χ3v) is 5.28. The van der Waals surface area contributed by atoms with Crippen LogP contribution in [0.4, 0.5) is 0 Å². The van der Waals surface area contributed by atoms with Crippen LogP contribution in [0.1, 0.15) is 58.3 Å². The molecule has 0 aromatic carbocycles. The number of amides is 1. The van der Waals surface area contributed by atoms with Crippen LogP contribution in [0.2, 0.25) is 0 Å². The predicted molar refractivity (Wildman–Crippen MR) is 76.6 cm³/mol. The quantitative estimate of drug-likeness (QED) is 0.790. The van der Waals surface area contributed by atoms with E-state index < -0.39 is 6.23 Å². The van der Waals surface area contributed by atoms with Crippen molar-refractivity contribution in [3.63, 3.8) is 0 Å². The van der Waals surface area contributed by atoms with Crippen molar-refractivity contribution in [2.45, 2.75) is 75.9 Å². The fourth-order valence-electron chi connectivity index (χ4n) is 2.71. The zero-order chi connectivity index (χ0) is 13.7. The van der Waals surface area contributed by atoms with Crippen LogP contribution in [-0.4, -0.2) is 39.4 Å². The van der Waals surface area contributed by atoms with Gasteiger partial charge in [0, 0.05) is 6.42 Å². The summed E-state index contributed by atoms with van der Waals surface area (Å²) in [6.07, 6.45) is 7.64. The number of carbonyl (C=O) groups is 1. The van der Waals surface area contributed by atoms with Gasteiger partial charge < -0.3 is 5.11 Å². The lowest BCUT2D eigenvalue weighted by Gasteiger charge is -2.26. The lowest BCUT2D eigenvalue weighted by Crippen LogP contribution is -2.39. The Hall–Kier alpha value is -0.260. The second-order valence-electron chi connectivity index (χ2n) is 5.47. The summed E-state index contributed by atoms with van der Waals surface area (Å²) >= 11 is 1.67. The lowest BCUT2D eigenvalue weighted by molar-refractivity contribution is -0.242. The number of hydroxylamine groups is 2. The molecule has 0 bridgehead atoms. The Morgan fingerprint density at radius 1 is 1.32 bits per heavy atom. The number of nitrogens with zero attached hydrogens (tertiary/aromatic N) is 1. The highest BCUT2D eigenvalue weighted by Crippen LogP contribution is 2.31. The van der Waals surface area contributed by atoms with Gasteiger partial charge in [0.1, 0.15) is 0 Å². The summed E-state index contributed by atoms with van der Waals surface area (Å²) in [6, 6.07) is 0. The third kappa shape index (κ3) is 4.10. The van der Waals surface area contributed by atoms with Crippen molar-refractivity contribution in [3.8, 4) is 0 Å². The van der Waals surface area contributed by atoms with Gasteiger partial charge in [-0.3, -0.25) is 9.63 Å². The maximum atomic E-state index is 11.9. The fourth-order valence-corrected chi connectivity index (χ4v) is 3.79. The molecule has 5 heteroatoms. The van der Waals surface area contributed by atoms with Gasteiger partial charge in [-0.15, -0.1) is 0 Å². The fraction of sp³-hybridized carbons (Fsp3) is 0.929. The molecule has 1 saturated carbocycles. The van der Waals surface area contributed by atoms with Crippen LogP contribution in [0.15, 0.2) is 0 Å². The number of hydrogen-bond acceptors (Lipinski definition) is 4. The Balaban J connectivity index is 1.86. The maximum Gasteiger partial charge on any atom is 0.249 e. The molecule has 1 heterocycles. The Labute approximate surface area is 119 Å². The van der Waals surface area contributed by atoms with Crippen LogP contribution in [0.25, 0.3) is 0 Å². The number of aliphatic hydroxyl groups is 1. The van der Waals surface area contributed by atoms with Crippen molar-refractivity contribution in [2.75, 3.05) is 5.75 Å². The van der Waals surface area contributed by atoms with Gasteiger partial charge in [-0.1, -0.05) is 32.6 Å². The minimum atomic E-state index is -0.771. The summed E-state index contributed by atoms with van der Waals surface area (Å²) in [5.74, 6) is 0.914. The molecule has 1 amide bonds. The molecule has 1 aliphatic heterocycles. The normalized spacial score (nSPS) is 29.8. The Bertz CT molecular complexity index is 292. The average molecular weight is 287 g/mol. The summed E-state index contributed by atoms with van der Waals surface area (Å²) in [7, 11) is 0. The van der Waals surface area contributed by atoms with Crippen molar-refractivity contribution in [2.24, 2.45) is 0 Å². The van der Waals surface area contributed by atoms with Gasteiger partial charge in [0.05, 0.1) is 11.4 Å². The smallest absolute Gasteiger partial charge is 0.249 e. The van der Waals surface area contributed by atoms with Crippen LogP contribution < -0.4 is 0 Å². The van der Waals surface area contributed by atoms with Crippen LogP contribution in [0, 0.1) is 0 Å².